The molecule has 154 valence electrons. The van der Waals surface area contributed by atoms with Crippen LogP contribution in [0.3, 0.4) is 0 Å². The van der Waals surface area contributed by atoms with Gasteiger partial charge >= 0.3 is 0 Å². The summed E-state index contributed by atoms with van der Waals surface area (Å²) < 4.78 is 18.6. The van der Waals surface area contributed by atoms with E-state index in [1.54, 1.807) is 18.2 Å². The van der Waals surface area contributed by atoms with E-state index in [1.807, 2.05) is 30.3 Å². The van der Waals surface area contributed by atoms with Gasteiger partial charge in [0.05, 0.1) is 25.0 Å². The van der Waals surface area contributed by atoms with Crippen LogP contribution < -0.4 is 0 Å². The predicted molar refractivity (Wildman–Crippen MR) is 111 cm³/mol. The van der Waals surface area contributed by atoms with Crippen LogP contribution in [0.4, 0.5) is 4.39 Å². The van der Waals surface area contributed by atoms with Crippen molar-refractivity contribution >= 4 is 5.71 Å². The highest BCUT2D eigenvalue weighted by atomic mass is 19.1. The lowest BCUT2D eigenvalue weighted by Crippen LogP contribution is -2.39. The van der Waals surface area contributed by atoms with Crippen molar-refractivity contribution in [3.05, 3.63) is 84.2 Å². The first-order chi connectivity index (χ1) is 14.1. The lowest BCUT2D eigenvalue weighted by Gasteiger charge is -2.27. The summed E-state index contributed by atoms with van der Waals surface area (Å²) in [5, 5.41) is 14.6. The topological polar surface area (TPSA) is 54.3 Å². The van der Waals surface area contributed by atoms with Gasteiger partial charge in [-0.1, -0.05) is 53.7 Å². The van der Waals surface area contributed by atoms with Gasteiger partial charge in [0.25, 0.3) is 0 Å². The van der Waals surface area contributed by atoms with Gasteiger partial charge in [0.15, 0.2) is 0 Å². The Morgan fingerprint density at radius 1 is 1.24 bits per heavy atom. The normalized spacial score (nSPS) is 17.1. The minimum Gasteiger partial charge on any atom is -0.390 e. The molecule has 0 saturated heterocycles. The summed E-state index contributed by atoms with van der Waals surface area (Å²) in [6.07, 6.45) is 1.60. The average Bonchev–Trinajstić information content (AvgIpc) is 3.19. The van der Waals surface area contributed by atoms with Crippen molar-refractivity contribution in [1.82, 2.24) is 4.90 Å². The van der Waals surface area contributed by atoms with Crippen LogP contribution in [0.5, 0.6) is 0 Å². The first-order valence-corrected chi connectivity index (χ1v) is 9.75. The van der Waals surface area contributed by atoms with Crippen molar-refractivity contribution in [3.8, 4) is 0 Å². The average molecular weight is 398 g/mol. The standard InChI is InChI=1S/C23H27FN2O3/c1-2-12-28-17-21(27)15-26(14-18-8-10-20(24)11-9-18)16-22-13-23(25-29-22)19-6-4-3-5-7-19/h2-11,21-22,27H,1,12-17H2. The van der Waals surface area contributed by atoms with E-state index in [-0.39, 0.29) is 18.5 Å². The quantitative estimate of drug-likeness (QED) is 0.466. The lowest BCUT2D eigenvalue weighted by molar-refractivity contribution is 0.00335. The van der Waals surface area contributed by atoms with Gasteiger partial charge in [-0.2, -0.15) is 0 Å². The molecule has 1 aliphatic rings. The fourth-order valence-corrected chi connectivity index (χ4v) is 3.31. The number of hydrogen-bond donors (Lipinski definition) is 1. The predicted octanol–water partition coefficient (Wildman–Crippen LogP) is 3.38. The Balaban J connectivity index is 1.60. The third-order valence-electron chi connectivity index (χ3n) is 4.64. The summed E-state index contributed by atoms with van der Waals surface area (Å²) in [4.78, 5) is 7.73. The molecule has 5 nitrogen and oxygen atoms in total. The third-order valence-corrected chi connectivity index (χ3v) is 4.64. The van der Waals surface area contributed by atoms with Crippen molar-refractivity contribution in [2.45, 2.75) is 25.2 Å². The Hall–Kier alpha value is -2.54. The lowest BCUT2D eigenvalue weighted by atomic mass is 10.0. The highest BCUT2D eigenvalue weighted by Gasteiger charge is 2.25. The van der Waals surface area contributed by atoms with Crippen molar-refractivity contribution < 1.29 is 19.1 Å². The van der Waals surface area contributed by atoms with Crippen LogP contribution in [0.1, 0.15) is 17.5 Å². The zero-order valence-electron chi connectivity index (χ0n) is 16.4. The minimum atomic E-state index is -0.647. The second-order valence-electron chi connectivity index (χ2n) is 7.14. The Morgan fingerprint density at radius 2 is 2.00 bits per heavy atom. The first-order valence-electron chi connectivity index (χ1n) is 9.75. The summed E-state index contributed by atoms with van der Waals surface area (Å²) in [5.74, 6) is -0.266. The Bertz CT molecular complexity index is 796. The van der Waals surface area contributed by atoms with Crippen LogP contribution in [-0.2, 0) is 16.1 Å². The largest absolute Gasteiger partial charge is 0.390 e. The van der Waals surface area contributed by atoms with Crippen LogP contribution >= 0.6 is 0 Å². The van der Waals surface area contributed by atoms with E-state index in [0.29, 0.717) is 32.7 Å². The van der Waals surface area contributed by atoms with Gasteiger partial charge in [0, 0.05) is 26.1 Å². The number of hydrogen-bond acceptors (Lipinski definition) is 5. The molecule has 3 rings (SSSR count). The molecule has 2 atom stereocenters. The van der Waals surface area contributed by atoms with Gasteiger partial charge in [-0.25, -0.2) is 4.39 Å². The maximum Gasteiger partial charge on any atom is 0.145 e. The molecule has 6 heteroatoms. The summed E-state index contributed by atoms with van der Waals surface area (Å²) in [6.45, 7) is 5.80. The number of aliphatic hydroxyl groups is 1. The van der Waals surface area contributed by atoms with E-state index in [2.05, 4.69) is 16.6 Å². The van der Waals surface area contributed by atoms with Crippen molar-refractivity contribution in [1.29, 1.82) is 0 Å². The molecule has 2 aromatic rings. The van der Waals surface area contributed by atoms with Gasteiger partial charge in [-0.3, -0.25) is 4.90 Å². The van der Waals surface area contributed by atoms with Gasteiger partial charge in [-0.05, 0) is 23.3 Å². The molecule has 0 saturated carbocycles. The summed E-state index contributed by atoms with van der Waals surface area (Å²) in [5.41, 5.74) is 2.94. The van der Waals surface area contributed by atoms with Crippen molar-refractivity contribution in [2.75, 3.05) is 26.3 Å². The highest BCUT2D eigenvalue weighted by Crippen LogP contribution is 2.19. The molecule has 1 heterocycles. The third kappa shape index (κ3) is 6.78. The maximum absolute atomic E-state index is 13.2. The molecule has 2 unspecified atom stereocenters. The van der Waals surface area contributed by atoms with Crippen LogP contribution in [-0.4, -0.2) is 54.2 Å². The zero-order valence-corrected chi connectivity index (χ0v) is 16.4. The van der Waals surface area contributed by atoms with Gasteiger partial charge in [0.2, 0.25) is 0 Å². The maximum atomic E-state index is 13.2. The fraction of sp³-hybridized carbons (Fsp3) is 0.348. The number of halogens is 1. The molecule has 0 aromatic heterocycles. The molecular formula is C23H27FN2O3. The molecule has 0 fully saturated rings. The smallest absolute Gasteiger partial charge is 0.145 e. The fourth-order valence-electron chi connectivity index (χ4n) is 3.31. The van der Waals surface area contributed by atoms with Crippen LogP contribution in [0.15, 0.2) is 72.4 Å². The monoisotopic (exact) mass is 398 g/mol. The number of aliphatic hydroxyl groups excluding tert-OH is 1. The van der Waals surface area contributed by atoms with Gasteiger partial charge < -0.3 is 14.7 Å². The Labute approximate surface area is 171 Å². The summed E-state index contributed by atoms with van der Waals surface area (Å²) in [6, 6.07) is 16.4. The summed E-state index contributed by atoms with van der Waals surface area (Å²) >= 11 is 0. The molecule has 0 bridgehead atoms. The number of nitrogens with zero attached hydrogens (tertiary/aromatic N) is 2. The molecule has 0 aliphatic carbocycles. The Kier molecular flexibility index (Phi) is 7.93. The molecule has 1 N–H and O–H groups in total. The van der Waals surface area contributed by atoms with Gasteiger partial charge in [0.1, 0.15) is 11.9 Å². The molecule has 29 heavy (non-hydrogen) atoms. The number of oxime groups is 1. The van der Waals surface area contributed by atoms with E-state index in [9.17, 15) is 9.50 Å². The van der Waals surface area contributed by atoms with Crippen molar-refractivity contribution in [2.24, 2.45) is 5.16 Å². The molecule has 0 radical (unpaired) electrons. The van der Waals surface area contributed by atoms with Gasteiger partial charge in [-0.15, -0.1) is 6.58 Å². The van der Waals surface area contributed by atoms with E-state index >= 15 is 0 Å². The molecule has 0 amide bonds. The Morgan fingerprint density at radius 3 is 2.72 bits per heavy atom. The van der Waals surface area contributed by atoms with Crippen LogP contribution in [0.2, 0.25) is 0 Å². The van der Waals surface area contributed by atoms with Crippen LogP contribution in [0, 0.1) is 5.82 Å². The first kappa shape index (κ1) is 21.2. The summed E-state index contributed by atoms with van der Waals surface area (Å²) in [7, 11) is 0. The molecular weight excluding hydrogens is 371 g/mol. The number of rotatable bonds is 11. The molecule has 0 spiro atoms. The molecule has 2 aromatic carbocycles. The van der Waals surface area contributed by atoms with E-state index in [1.165, 1.54) is 12.1 Å². The zero-order chi connectivity index (χ0) is 20.5. The number of ether oxygens (including phenoxy) is 1. The van der Waals surface area contributed by atoms with Crippen LogP contribution in [0.25, 0.3) is 0 Å². The molecule has 1 aliphatic heterocycles. The SMILES string of the molecule is C=CCOCC(O)CN(Cc1ccc(F)cc1)CC1CC(c2ccccc2)=NO1. The van der Waals surface area contributed by atoms with E-state index in [0.717, 1.165) is 16.8 Å². The van der Waals surface area contributed by atoms with E-state index in [4.69, 9.17) is 9.57 Å². The minimum absolute atomic E-state index is 0.105. The second-order valence-corrected chi connectivity index (χ2v) is 7.14. The number of benzene rings is 2. The van der Waals surface area contributed by atoms with Crippen molar-refractivity contribution in [3.63, 3.8) is 0 Å². The second kappa shape index (κ2) is 10.9. The highest BCUT2D eigenvalue weighted by molar-refractivity contribution is 6.01. The van der Waals surface area contributed by atoms with E-state index < -0.39 is 6.10 Å².